The van der Waals surface area contributed by atoms with E-state index in [0.717, 1.165) is 0 Å². The number of hydrazone groups is 1. The molecule has 0 heterocycles. The lowest BCUT2D eigenvalue weighted by Gasteiger charge is -2.08. The smallest absolute Gasteiger partial charge is 0.271 e. The van der Waals surface area contributed by atoms with Gasteiger partial charge in [-0.3, -0.25) is 9.59 Å². The minimum atomic E-state index is -0.635. The Morgan fingerprint density at radius 3 is 2.61 bits per heavy atom. The number of nitrogens with zero attached hydrogens (tertiary/aromatic N) is 1. The monoisotopic (exact) mass is 533 g/mol. The number of aromatic hydroxyl groups is 1. The van der Waals surface area contributed by atoms with E-state index in [-0.39, 0.29) is 22.6 Å². The summed E-state index contributed by atoms with van der Waals surface area (Å²) in [6.07, 6.45) is 1.41. The largest absolute Gasteiger partial charge is 0.504 e. The van der Waals surface area contributed by atoms with E-state index in [2.05, 4.69) is 15.8 Å². The predicted octanol–water partition coefficient (Wildman–Crippen LogP) is 4.16. The number of rotatable bonds is 6. The van der Waals surface area contributed by atoms with Crippen LogP contribution in [0.5, 0.6) is 11.5 Å². The first-order chi connectivity index (χ1) is 14.9. The van der Waals surface area contributed by atoms with E-state index in [1.165, 1.54) is 37.6 Å². The Morgan fingerprint density at radius 2 is 1.87 bits per heavy atom. The van der Waals surface area contributed by atoms with Crippen molar-refractivity contribution in [2.45, 2.75) is 0 Å². The maximum absolute atomic E-state index is 13.8. The molecule has 0 radical (unpaired) electrons. The maximum Gasteiger partial charge on any atom is 0.271 e. The number of ether oxygens (including phenoxy) is 1. The fourth-order valence-corrected chi connectivity index (χ4v) is 3.26. The van der Waals surface area contributed by atoms with Crippen molar-refractivity contribution in [2.75, 3.05) is 12.4 Å². The fraction of sp³-hybridized carbons (Fsp3) is 0.0455. The molecule has 0 aromatic heterocycles. The number of hydrogen-bond donors (Lipinski definition) is 3. The number of carbonyl (C=O) groups excluding carboxylic acids is 2. The van der Waals surface area contributed by atoms with Crippen LogP contribution in [0.3, 0.4) is 0 Å². The molecule has 2 amide bonds. The lowest BCUT2D eigenvalue weighted by atomic mass is 10.1. The summed E-state index contributed by atoms with van der Waals surface area (Å²) in [7, 11) is 1.44. The summed E-state index contributed by atoms with van der Waals surface area (Å²) in [5.41, 5.74) is 3.50. The zero-order chi connectivity index (χ0) is 22.4. The highest BCUT2D eigenvalue weighted by atomic mass is 127. The van der Waals surface area contributed by atoms with Gasteiger partial charge in [-0.05, 0) is 70.6 Å². The van der Waals surface area contributed by atoms with Gasteiger partial charge in [0.2, 0.25) is 0 Å². The quantitative estimate of drug-likeness (QED) is 0.252. The van der Waals surface area contributed by atoms with Crippen molar-refractivity contribution < 1.29 is 23.8 Å². The number of methoxy groups -OCH3 is 1. The number of phenols is 1. The van der Waals surface area contributed by atoms with E-state index in [4.69, 9.17) is 4.74 Å². The van der Waals surface area contributed by atoms with Crippen LogP contribution in [0.25, 0.3) is 0 Å². The number of nitrogens with one attached hydrogen (secondary N) is 2. The van der Waals surface area contributed by atoms with Gasteiger partial charge in [0, 0.05) is 11.3 Å². The molecule has 0 aliphatic heterocycles. The number of phenolic OH excluding ortho intramolecular Hbond substituents is 1. The molecular weight excluding hydrogens is 516 g/mol. The molecule has 3 rings (SSSR count). The molecule has 3 aromatic rings. The molecule has 7 nitrogen and oxygen atoms in total. The second-order valence-corrected chi connectivity index (χ2v) is 7.43. The Kier molecular flexibility index (Phi) is 7.19. The summed E-state index contributed by atoms with van der Waals surface area (Å²) in [5, 5.41) is 16.3. The molecular formula is C22H17FIN3O4. The molecule has 0 atom stereocenters. The number of halogens is 2. The molecule has 0 saturated heterocycles. The van der Waals surface area contributed by atoms with Gasteiger partial charge in [0.25, 0.3) is 11.8 Å². The predicted molar refractivity (Wildman–Crippen MR) is 123 cm³/mol. The van der Waals surface area contributed by atoms with Gasteiger partial charge in [-0.1, -0.05) is 18.2 Å². The average molecular weight is 533 g/mol. The number of benzene rings is 3. The minimum Gasteiger partial charge on any atom is -0.504 e. The molecule has 31 heavy (non-hydrogen) atoms. The minimum absolute atomic E-state index is 0.0264. The zero-order valence-electron chi connectivity index (χ0n) is 16.2. The van der Waals surface area contributed by atoms with Gasteiger partial charge in [0.15, 0.2) is 11.5 Å². The lowest BCUT2D eigenvalue weighted by molar-refractivity contribution is 0.0953. The second-order valence-electron chi connectivity index (χ2n) is 6.27. The van der Waals surface area contributed by atoms with Crippen LogP contribution in [0.4, 0.5) is 10.1 Å². The lowest BCUT2D eigenvalue weighted by Crippen LogP contribution is -2.18. The van der Waals surface area contributed by atoms with E-state index in [0.29, 0.717) is 14.8 Å². The molecule has 0 fully saturated rings. The third-order valence-electron chi connectivity index (χ3n) is 4.15. The van der Waals surface area contributed by atoms with Crippen LogP contribution in [0.2, 0.25) is 0 Å². The van der Waals surface area contributed by atoms with Crippen LogP contribution in [-0.4, -0.2) is 30.2 Å². The fourth-order valence-electron chi connectivity index (χ4n) is 2.64. The highest BCUT2D eigenvalue weighted by Crippen LogP contribution is 2.31. The van der Waals surface area contributed by atoms with Gasteiger partial charge in [0.1, 0.15) is 5.82 Å². The molecule has 0 unspecified atom stereocenters. The first-order valence-corrected chi connectivity index (χ1v) is 10.0. The number of hydrogen-bond acceptors (Lipinski definition) is 5. The number of carbonyl (C=O) groups is 2. The normalized spacial score (nSPS) is 10.7. The standard InChI is InChI=1S/C22H17FIN3O4/c1-31-19-10-13(9-18(24)20(19)28)12-25-27-21(29)14-5-4-6-15(11-14)26-22(30)16-7-2-3-8-17(16)23/h2-12,28H,1H3,(H,26,30)(H,27,29). The van der Waals surface area contributed by atoms with Crippen LogP contribution in [-0.2, 0) is 0 Å². The van der Waals surface area contributed by atoms with Crippen LogP contribution in [0.15, 0.2) is 65.8 Å². The van der Waals surface area contributed by atoms with Crippen LogP contribution in [0, 0.1) is 9.39 Å². The first-order valence-electron chi connectivity index (χ1n) is 8.95. The van der Waals surface area contributed by atoms with Crippen molar-refractivity contribution in [3.05, 3.63) is 86.7 Å². The average Bonchev–Trinajstić information content (AvgIpc) is 2.76. The molecule has 9 heteroatoms. The number of anilines is 1. The Balaban J connectivity index is 1.68. The summed E-state index contributed by atoms with van der Waals surface area (Å²) < 4.78 is 19.4. The topological polar surface area (TPSA) is 100 Å². The molecule has 0 aliphatic rings. The van der Waals surface area contributed by atoms with Crippen molar-refractivity contribution in [2.24, 2.45) is 5.10 Å². The molecule has 3 aromatic carbocycles. The molecule has 3 N–H and O–H groups in total. The summed E-state index contributed by atoms with van der Waals surface area (Å²) in [6, 6.07) is 15.0. The van der Waals surface area contributed by atoms with E-state index in [1.807, 2.05) is 22.6 Å². The summed E-state index contributed by atoms with van der Waals surface area (Å²) >= 11 is 1.96. The Morgan fingerprint density at radius 1 is 1.10 bits per heavy atom. The SMILES string of the molecule is COc1cc(C=NNC(=O)c2cccc(NC(=O)c3ccccc3F)c2)cc(I)c1O. The van der Waals surface area contributed by atoms with Crippen molar-refractivity contribution in [1.82, 2.24) is 5.43 Å². The molecule has 158 valence electrons. The molecule has 0 aliphatic carbocycles. The van der Waals surface area contributed by atoms with Gasteiger partial charge in [-0.2, -0.15) is 5.10 Å². The van der Waals surface area contributed by atoms with E-state index in [1.54, 1.807) is 36.4 Å². The van der Waals surface area contributed by atoms with Crippen molar-refractivity contribution in [3.63, 3.8) is 0 Å². The first kappa shape index (κ1) is 22.2. The molecule has 0 bridgehead atoms. The van der Waals surface area contributed by atoms with E-state index in [9.17, 15) is 19.1 Å². The van der Waals surface area contributed by atoms with Gasteiger partial charge in [-0.15, -0.1) is 0 Å². The number of amides is 2. The molecule has 0 saturated carbocycles. The summed E-state index contributed by atoms with van der Waals surface area (Å²) in [4.78, 5) is 24.6. The van der Waals surface area contributed by atoms with Crippen molar-refractivity contribution in [3.8, 4) is 11.5 Å². The Hall–Kier alpha value is -3.47. The van der Waals surface area contributed by atoms with Gasteiger partial charge < -0.3 is 15.2 Å². The summed E-state index contributed by atoms with van der Waals surface area (Å²) in [5.74, 6) is -1.44. The zero-order valence-corrected chi connectivity index (χ0v) is 18.4. The van der Waals surface area contributed by atoms with Crippen molar-refractivity contribution in [1.29, 1.82) is 0 Å². The van der Waals surface area contributed by atoms with Crippen LogP contribution >= 0.6 is 22.6 Å². The molecule has 0 spiro atoms. The Bertz CT molecular complexity index is 1170. The third-order valence-corrected chi connectivity index (χ3v) is 4.97. The highest BCUT2D eigenvalue weighted by molar-refractivity contribution is 14.1. The van der Waals surface area contributed by atoms with Crippen LogP contribution < -0.4 is 15.5 Å². The van der Waals surface area contributed by atoms with E-state index >= 15 is 0 Å². The summed E-state index contributed by atoms with van der Waals surface area (Å²) in [6.45, 7) is 0. The van der Waals surface area contributed by atoms with Crippen LogP contribution in [0.1, 0.15) is 26.3 Å². The Labute approximate surface area is 191 Å². The van der Waals surface area contributed by atoms with E-state index < -0.39 is 17.6 Å². The van der Waals surface area contributed by atoms with Gasteiger partial charge in [-0.25, -0.2) is 9.82 Å². The highest BCUT2D eigenvalue weighted by Gasteiger charge is 2.12. The second kappa shape index (κ2) is 10.0. The van der Waals surface area contributed by atoms with Gasteiger partial charge in [0.05, 0.1) is 22.5 Å². The van der Waals surface area contributed by atoms with Gasteiger partial charge >= 0.3 is 0 Å². The van der Waals surface area contributed by atoms with Crippen molar-refractivity contribution >= 4 is 46.3 Å². The maximum atomic E-state index is 13.8. The third kappa shape index (κ3) is 5.57.